The van der Waals surface area contributed by atoms with Crippen molar-refractivity contribution < 1.29 is 19.4 Å². The fourth-order valence-electron chi connectivity index (χ4n) is 4.93. The van der Waals surface area contributed by atoms with Gasteiger partial charge in [0, 0.05) is 22.0 Å². The normalized spacial score (nSPS) is 21.5. The first-order valence-electron chi connectivity index (χ1n) is 11.2. The highest BCUT2D eigenvalue weighted by Gasteiger charge is 2.50. The van der Waals surface area contributed by atoms with Crippen molar-refractivity contribution in [2.45, 2.75) is 70.9 Å². The van der Waals surface area contributed by atoms with Gasteiger partial charge in [0.25, 0.3) is 11.7 Å². The molecule has 4 rings (SSSR count). The van der Waals surface area contributed by atoms with Crippen molar-refractivity contribution in [1.82, 2.24) is 4.90 Å². The Morgan fingerprint density at radius 3 is 2.41 bits per heavy atom. The maximum Gasteiger partial charge on any atom is 0.295 e. The van der Waals surface area contributed by atoms with Gasteiger partial charge in [-0.3, -0.25) is 9.59 Å². The Hall–Kier alpha value is -2.60. The molecule has 0 spiro atoms. The highest BCUT2D eigenvalue weighted by Crippen LogP contribution is 2.46. The second-order valence-electron chi connectivity index (χ2n) is 9.78. The molecule has 1 atom stereocenters. The third-order valence-corrected chi connectivity index (χ3v) is 7.70. The summed E-state index contributed by atoms with van der Waals surface area (Å²) in [7, 11) is 1.62. The Balaban J connectivity index is 1.90. The number of carbonyl (C=O) groups excluding carboxylic acids is 2. The molecule has 1 saturated heterocycles. The first-order chi connectivity index (χ1) is 15.1. The Bertz CT molecular complexity index is 1090. The molecule has 2 heterocycles. The lowest BCUT2D eigenvalue weighted by atomic mass is 9.84. The highest BCUT2D eigenvalue weighted by atomic mass is 32.1. The summed E-state index contributed by atoms with van der Waals surface area (Å²) in [5.41, 5.74) is 2.46. The second kappa shape index (κ2) is 8.39. The summed E-state index contributed by atoms with van der Waals surface area (Å²) in [5.74, 6) is -0.484. The van der Waals surface area contributed by atoms with Crippen LogP contribution >= 0.6 is 11.3 Å². The van der Waals surface area contributed by atoms with Gasteiger partial charge in [-0.2, -0.15) is 0 Å². The predicted molar refractivity (Wildman–Crippen MR) is 127 cm³/mol. The van der Waals surface area contributed by atoms with Crippen molar-refractivity contribution in [3.8, 4) is 5.75 Å². The molecule has 2 fully saturated rings. The molecule has 32 heavy (non-hydrogen) atoms. The number of aliphatic hydroxyl groups is 1. The average molecular weight is 454 g/mol. The van der Waals surface area contributed by atoms with Gasteiger partial charge < -0.3 is 14.7 Å². The number of aliphatic hydroxyl groups excluding tert-OH is 1. The Labute approximate surface area is 193 Å². The second-order valence-corrected chi connectivity index (χ2v) is 10.7. The molecule has 1 aromatic carbocycles. The van der Waals surface area contributed by atoms with Crippen LogP contribution in [0.25, 0.3) is 5.76 Å². The summed E-state index contributed by atoms with van der Waals surface area (Å²) in [4.78, 5) is 29.2. The van der Waals surface area contributed by atoms with Crippen molar-refractivity contribution in [2.24, 2.45) is 0 Å². The maximum atomic E-state index is 13.3. The number of rotatable bonds is 4. The largest absolute Gasteiger partial charge is 0.507 e. The molecule has 5 nitrogen and oxygen atoms in total. The molecule has 1 aliphatic heterocycles. The molecule has 1 amide bonds. The van der Waals surface area contributed by atoms with E-state index in [-0.39, 0.29) is 22.8 Å². The van der Waals surface area contributed by atoms with E-state index in [1.807, 2.05) is 30.5 Å². The van der Waals surface area contributed by atoms with E-state index in [0.717, 1.165) is 47.4 Å². The molecule has 1 aromatic heterocycles. The maximum absolute atomic E-state index is 13.3. The van der Waals surface area contributed by atoms with E-state index in [1.54, 1.807) is 18.1 Å². The first kappa shape index (κ1) is 22.6. The van der Waals surface area contributed by atoms with E-state index in [0.29, 0.717) is 5.56 Å². The molecule has 0 radical (unpaired) electrons. The topological polar surface area (TPSA) is 66.8 Å². The number of nitrogens with zero attached hydrogens (tertiary/aromatic N) is 1. The highest BCUT2D eigenvalue weighted by molar-refractivity contribution is 7.10. The number of carbonyl (C=O) groups is 2. The van der Waals surface area contributed by atoms with Gasteiger partial charge in [-0.15, -0.1) is 11.3 Å². The van der Waals surface area contributed by atoms with Gasteiger partial charge in [0.15, 0.2) is 0 Å². The van der Waals surface area contributed by atoms with E-state index in [2.05, 4.69) is 20.8 Å². The summed E-state index contributed by atoms with van der Waals surface area (Å²) < 4.78 is 5.53. The van der Waals surface area contributed by atoms with Crippen LogP contribution in [0.4, 0.5) is 0 Å². The van der Waals surface area contributed by atoms with Gasteiger partial charge in [-0.05, 0) is 60.4 Å². The van der Waals surface area contributed by atoms with E-state index < -0.39 is 17.7 Å². The standard InChI is InChI=1S/C26H31NO4S/c1-15-12-13-32-24(15)21-20(23(29)25(30)27(21)17-8-6-7-9-17)22(28)16-10-11-19(31-5)18(14-16)26(2,3)4/h10-14,17,21,28H,6-9H2,1-5H3/b22-20-. The van der Waals surface area contributed by atoms with E-state index in [1.165, 1.54) is 11.3 Å². The number of hydrogen-bond donors (Lipinski definition) is 1. The number of benzene rings is 1. The fraction of sp³-hybridized carbons (Fsp3) is 0.462. The fourth-order valence-corrected chi connectivity index (χ4v) is 5.96. The van der Waals surface area contributed by atoms with Gasteiger partial charge >= 0.3 is 0 Å². The molecule has 1 saturated carbocycles. The number of thiophene rings is 1. The smallest absolute Gasteiger partial charge is 0.295 e. The van der Waals surface area contributed by atoms with Crippen LogP contribution in [0.3, 0.4) is 0 Å². The monoisotopic (exact) mass is 453 g/mol. The lowest BCUT2D eigenvalue weighted by Crippen LogP contribution is -2.37. The molecular weight excluding hydrogens is 422 g/mol. The predicted octanol–water partition coefficient (Wildman–Crippen LogP) is 5.73. The van der Waals surface area contributed by atoms with Crippen molar-refractivity contribution in [2.75, 3.05) is 7.11 Å². The summed E-state index contributed by atoms with van der Waals surface area (Å²) in [6.45, 7) is 8.21. The van der Waals surface area contributed by atoms with Crippen LogP contribution in [0.2, 0.25) is 0 Å². The van der Waals surface area contributed by atoms with E-state index in [9.17, 15) is 14.7 Å². The Morgan fingerprint density at radius 2 is 1.84 bits per heavy atom. The van der Waals surface area contributed by atoms with Gasteiger partial charge in [-0.25, -0.2) is 0 Å². The third-order valence-electron chi connectivity index (χ3n) is 6.63. The summed E-state index contributed by atoms with van der Waals surface area (Å²) >= 11 is 1.53. The minimum atomic E-state index is -0.597. The number of Topliss-reactive ketones (excluding diaryl/α,β-unsaturated/α-hetero) is 1. The lowest BCUT2D eigenvalue weighted by molar-refractivity contribution is -0.141. The van der Waals surface area contributed by atoms with Gasteiger partial charge in [-0.1, -0.05) is 33.6 Å². The van der Waals surface area contributed by atoms with Crippen LogP contribution in [-0.4, -0.2) is 34.8 Å². The van der Waals surface area contributed by atoms with Gasteiger partial charge in [0.1, 0.15) is 17.6 Å². The van der Waals surface area contributed by atoms with Gasteiger partial charge in [0.2, 0.25) is 0 Å². The van der Waals surface area contributed by atoms with Crippen LogP contribution in [-0.2, 0) is 15.0 Å². The first-order valence-corrected chi connectivity index (χ1v) is 12.1. The Kier molecular flexibility index (Phi) is 5.93. The zero-order chi connectivity index (χ0) is 23.2. The molecular formula is C26H31NO4S. The number of likely N-dealkylation sites (tertiary alicyclic amines) is 1. The van der Waals surface area contributed by atoms with Crippen LogP contribution in [0, 0.1) is 6.92 Å². The SMILES string of the molecule is COc1ccc(/C(O)=C2/C(=O)C(=O)N(C3CCCC3)C2c2sccc2C)cc1C(C)(C)C. The molecule has 1 aliphatic carbocycles. The molecule has 2 aromatic rings. The molecule has 2 aliphatic rings. The van der Waals surface area contributed by atoms with Crippen LogP contribution in [0.15, 0.2) is 35.2 Å². The molecule has 6 heteroatoms. The Morgan fingerprint density at radius 1 is 1.16 bits per heavy atom. The van der Waals surface area contributed by atoms with Crippen molar-refractivity contribution in [3.05, 3.63) is 56.8 Å². The molecule has 1 N–H and O–H groups in total. The van der Waals surface area contributed by atoms with Crippen molar-refractivity contribution in [1.29, 1.82) is 0 Å². The minimum Gasteiger partial charge on any atom is -0.507 e. The summed E-state index contributed by atoms with van der Waals surface area (Å²) in [6, 6.07) is 6.93. The number of aryl methyl sites for hydroxylation is 1. The summed E-state index contributed by atoms with van der Waals surface area (Å²) in [6.07, 6.45) is 3.89. The number of hydrogen-bond acceptors (Lipinski definition) is 5. The van der Waals surface area contributed by atoms with Gasteiger partial charge in [0.05, 0.1) is 12.7 Å². The third kappa shape index (κ3) is 3.75. The minimum absolute atomic E-state index is 0.0317. The zero-order valence-electron chi connectivity index (χ0n) is 19.4. The van der Waals surface area contributed by atoms with Crippen molar-refractivity contribution in [3.63, 3.8) is 0 Å². The molecule has 0 bridgehead atoms. The zero-order valence-corrected chi connectivity index (χ0v) is 20.2. The lowest BCUT2D eigenvalue weighted by Gasteiger charge is -2.30. The summed E-state index contributed by atoms with van der Waals surface area (Å²) in [5, 5.41) is 13.4. The molecule has 1 unspecified atom stereocenters. The van der Waals surface area contributed by atoms with E-state index in [4.69, 9.17) is 4.74 Å². The molecule has 170 valence electrons. The number of ether oxygens (including phenoxy) is 1. The number of amides is 1. The van der Waals surface area contributed by atoms with Crippen LogP contribution in [0.1, 0.15) is 74.1 Å². The quantitative estimate of drug-likeness (QED) is 0.365. The number of methoxy groups -OCH3 is 1. The average Bonchev–Trinajstić information content (AvgIpc) is 3.47. The van der Waals surface area contributed by atoms with Crippen LogP contribution < -0.4 is 4.74 Å². The number of ketones is 1. The van der Waals surface area contributed by atoms with E-state index >= 15 is 0 Å². The van der Waals surface area contributed by atoms with Crippen LogP contribution in [0.5, 0.6) is 5.75 Å². The van der Waals surface area contributed by atoms with Crippen molar-refractivity contribution >= 4 is 28.8 Å².